The summed E-state index contributed by atoms with van der Waals surface area (Å²) in [4.78, 5) is 0. The maximum atomic E-state index is 5.78. The highest BCUT2D eigenvalue weighted by atomic mass is 79.9. The molecule has 0 amide bonds. The first-order valence-electron chi connectivity index (χ1n) is 6.13. The van der Waals surface area contributed by atoms with Crippen LogP contribution in [0.15, 0.2) is 33.2 Å². The molecule has 0 spiro atoms. The van der Waals surface area contributed by atoms with E-state index in [1.54, 1.807) is 0 Å². The number of halogens is 1. The predicted octanol–water partition coefficient (Wildman–Crippen LogP) is 2.97. The summed E-state index contributed by atoms with van der Waals surface area (Å²) >= 11 is 3.44. The summed E-state index contributed by atoms with van der Waals surface area (Å²) in [5.41, 5.74) is 0.951. The Kier molecular flexibility index (Phi) is 3.43. The van der Waals surface area contributed by atoms with Gasteiger partial charge in [-0.3, -0.25) is 0 Å². The molecule has 2 heterocycles. The second-order valence-electron chi connectivity index (χ2n) is 4.50. The van der Waals surface area contributed by atoms with Gasteiger partial charge in [-0.1, -0.05) is 22.0 Å². The van der Waals surface area contributed by atoms with Crippen LogP contribution in [0.5, 0.6) is 0 Å². The molecule has 1 unspecified atom stereocenters. The molecule has 1 atom stereocenters. The minimum atomic E-state index is 0.354. The van der Waals surface area contributed by atoms with Gasteiger partial charge in [0.2, 0.25) is 11.8 Å². The zero-order valence-corrected chi connectivity index (χ0v) is 11.5. The molecular weight excluding hydrogens is 294 g/mol. The number of hydrogen-bond donors (Lipinski definition) is 1. The first kappa shape index (κ1) is 11.9. The van der Waals surface area contributed by atoms with E-state index in [2.05, 4.69) is 31.4 Å². The molecule has 1 aromatic carbocycles. The Labute approximate surface area is 114 Å². The number of rotatable bonds is 2. The van der Waals surface area contributed by atoms with Gasteiger partial charge in [0, 0.05) is 22.5 Å². The van der Waals surface area contributed by atoms with E-state index in [1.807, 2.05) is 24.3 Å². The summed E-state index contributed by atoms with van der Waals surface area (Å²) in [6, 6.07) is 7.90. The van der Waals surface area contributed by atoms with Crippen molar-refractivity contribution >= 4 is 15.9 Å². The molecule has 1 saturated heterocycles. The molecule has 1 aliphatic rings. The van der Waals surface area contributed by atoms with Crippen molar-refractivity contribution in [2.24, 2.45) is 0 Å². The van der Waals surface area contributed by atoms with E-state index in [4.69, 9.17) is 4.42 Å². The van der Waals surface area contributed by atoms with Crippen LogP contribution in [0.1, 0.15) is 24.7 Å². The van der Waals surface area contributed by atoms with E-state index in [1.165, 1.54) is 6.42 Å². The number of nitrogens with zero attached hydrogens (tertiary/aromatic N) is 2. The van der Waals surface area contributed by atoms with Gasteiger partial charge in [-0.25, -0.2) is 0 Å². The van der Waals surface area contributed by atoms with Crippen molar-refractivity contribution in [2.45, 2.75) is 18.8 Å². The number of benzene rings is 1. The Morgan fingerprint density at radius 3 is 3.06 bits per heavy atom. The third kappa shape index (κ3) is 2.47. The molecule has 4 nitrogen and oxygen atoms in total. The molecule has 0 radical (unpaired) electrons. The summed E-state index contributed by atoms with van der Waals surface area (Å²) < 4.78 is 6.79. The molecule has 3 rings (SSSR count). The molecule has 5 heteroatoms. The van der Waals surface area contributed by atoms with E-state index < -0.39 is 0 Å². The van der Waals surface area contributed by atoms with Gasteiger partial charge in [0.05, 0.1) is 0 Å². The van der Waals surface area contributed by atoms with Crippen LogP contribution in [0.2, 0.25) is 0 Å². The maximum absolute atomic E-state index is 5.78. The summed E-state index contributed by atoms with van der Waals surface area (Å²) in [6.45, 7) is 2.02. The van der Waals surface area contributed by atoms with E-state index in [-0.39, 0.29) is 0 Å². The van der Waals surface area contributed by atoms with Crippen molar-refractivity contribution in [3.05, 3.63) is 34.6 Å². The van der Waals surface area contributed by atoms with Gasteiger partial charge < -0.3 is 9.73 Å². The summed E-state index contributed by atoms with van der Waals surface area (Å²) in [5, 5.41) is 11.7. The zero-order chi connectivity index (χ0) is 12.4. The molecule has 18 heavy (non-hydrogen) atoms. The van der Waals surface area contributed by atoms with Gasteiger partial charge in [0.25, 0.3) is 0 Å². The first-order chi connectivity index (χ1) is 8.83. The van der Waals surface area contributed by atoms with Crippen LogP contribution in [0.4, 0.5) is 0 Å². The smallest absolute Gasteiger partial charge is 0.247 e. The van der Waals surface area contributed by atoms with E-state index in [0.717, 1.165) is 35.4 Å². The van der Waals surface area contributed by atoms with Crippen molar-refractivity contribution in [1.82, 2.24) is 15.5 Å². The fourth-order valence-corrected chi connectivity index (χ4v) is 2.60. The number of piperidine rings is 1. The summed E-state index contributed by atoms with van der Waals surface area (Å²) in [5.74, 6) is 1.70. The lowest BCUT2D eigenvalue weighted by Gasteiger charge is -2.18. The van der Waals surface area contributed by atoms with E-state index >= 15 is 0 Å². The Hall–Kier alpha value is -1.20. The third-order valence-corrected chi connectivity index (χ3v) is 3.65. The Balaban J connectivity index is 1.84. The van der Waals surface area contributed by atoms with E-state index in [0.29, 0.717) is 11.8 Å². The lowest BCUT2D eigenvalue weighted by molar-refractivity contribution is 0.380. The van der Waals surface area contributed by atoms with Crippen molar-refractivity contribution in [3.63, 3.8) is 0 Å². The highest BCUT2D eigenvalue weighted by Crippen LogP contribution is 2.26. The quantitative estimate of drug-likeness (QED) is 0.926. The largest absolute Gasteiger partial charge is 0.420 e. The molecule has 94 valence electrons. The van der Waals surface area contributed by atoms with Gasteiger partial charge in [0.1, 0.15) is 0 Å². The van der Waals surface area contributed by atoms with Crippen molar-refractivity contribution in [3.8, 4) is 11.5 Å². The number of nitrogens with one attached hydrogen (secondary N) is 1. The topological polar surface area (TPSA) is 51.0 Å². The Bertz CT molecular complexity index is 535. The van der Waals surface area contributed by atoms with E-state index in [9.17, 15) is 0 Å². The molecule has 1 N–H and O–H groups in total. The summed E-state index contributed by atoms with van der Waals surface area (Å²) in [6.07, 6.45) is 2.28. The molecule has 1 aliphatic heterocycles. The normalized spacial score (nSPS) is 19.9. The highest BCUT2D eigenvalue weighted by Gasteiger charge is 2.21. The van der Waals surface area contributed by atoms with Crippen LogP contribution in [-0.4, -0.2) is 23.3 Å². The maximum Gasteiger partial charge on any atom is 0.247 e. The molecule has 0 bridgehead atoms. The predicted molar refractivity (Wildman–Crippen MR) is 72.3 cm³/mol. The molecule has 0 saturated carbocycles. The minimum absolute atomic E-state index is 0.354. The van der Waals surface area contributed by atoms with Gasteiger partial charge in [-0.05, 0) is 37.6 Å². The van der Waals surface area contributed by atoms with Gasteiger partial charge in [-0.15, -0.1) is 10.2 Å². The lowest BCUT2D eigenvalue weighted by Crippen LogP contribution is -2.28. The Morgan fingerprint density at radius 1 is 1.33 bits per heavy atom. The first-order valence-corrected chi connectivity index (χ1v) is 6.92. The lowest BCUT2D eigenvalue weighted by atomic mass is 10.00. The van der Waals surface area contributed by atoms with Gasteiger partial charge in [0.15, 0.2) is 0 Å². The van der Waals surface area contributed by atoms with Crippen molar-refractivity contribution < 1.29 is 4.42 Å². The number of hydrogen-bond acceptors (Lipinski definition) is 4. The van der Waals surface area contributed by atoms with Crippen LogP contribution in [0, 0.1) is 0 Å². The summed E-state index contributed by atoms with van der Waals surface area (Å²) in [7, 11) is 0. The average molecular weight is 308 g/mol. The number of aromatic nitrogens is 2. The van der Waals surface area contributed by atoms with Crippen LogP contribution in [-0.2, 0) is 0 Å². The highest BCUT2D eigenvalue weighted by molar-refractivity contribution is 9.10. The second kappa shape index (κ2) is 5.20. The molecule has 1 fully saturated rings. The van der Waals surface area contributed by atoms with Crippen LogP contribution in [0.3, 0.4) is 0 Å². The molecule has 2 aromatic rings. The third-order valence-electron chi connectivity index (χ3n) is 3.16. The van der Waals surface area contributed by atoms with Crippen molar-refractivity contribution in [1.29, 1.82) is 0 Å². The molecular formula is C13H14BrN3O. The zero-order valence-electron chi connectivity index (χ0n) is 9.90. The van der Waals surface area contributed by atoms with Crippen LogP contribution < -0.4 is 5.32 Å². The SMILES string of the molecule is Brc1cccc(-c2nnc(C3CCCNC3)o2)c1. The molecule has 1 aromatic heterocycles. The fourth-order valence-electron chi connectivity index (χ4n) is 2.20. The molecule has 0 aliphatic carbocycles. The van der Waals surface area contributed by atoms with Gasteiger partial charge >= 0.3 is 0 Å². The minimum Gasteiger partial charge on any atom is -0.420 e. The second-order valence-corrected chi connectivity index (χ2v) is 5.41. The van der Waals surface area contributed by atoms with Crippen molar-refractivity contribution in [2.75, 3.05) is 13.1 Å². The standard InChI is InChI=1S/C13H14BrN3O/c14-11-5-1-3-9(7-11)12-16-17-13(18-12)10-4-2-6-15-8-10/h1,3,5,7,10,15H,2,4,6,8H2. The monoisotopic (exact) mass is 307 g/mol. The van der Waals surface area contributed by atoms with Crippen LogP contribution >= 0.6 is 15.9 Å². The van der Waals surface area contributed by atoms with Crippen LogP contribution in [0.25, 0.3) is 11.5 Å². The average Bonchev–Trinajstić information content (AvgIpc) is 2.89. The Morgan fingerprint density at radius 2 is 2.28 bits per heavy atom. The van der Waals surface area contributed by atoms with Gasteiger partial charge in [-0.2, -0.15) is 0 Å². The fraction of sp³-hybridized carbons (Fsp3) is 0.385.